The molecular formula is C16H19N5O3S. The van der Waals surface area contributed by atoms with Gasteiger partial charge in [-0.05, 0) is 25.5 Å². The normalized spacial score (nSPS) is 11.8. The Morgan fingerprint density at radius 3 is 2.60 bits per heavy atom. The number of anilines is 1. The Kier molecular flexibility index (Phi) is 4.95. The third kappa shape index (κ3) is 4.12. The van der Waals surface area contributed by atoms with Gasteiger partial charge < -0.3 is 9.73 Å². The van der Waals surface area contributed by atoms with Crippen LogP contribution in [0.25, 0.3) is 11.2 Å². The average molecular weight is 361 g/mol. The lowest BCUT2D eigenvalue weighted by Gasteiger charge is -2.08. The Labute approximate surface area is 145 Å². The first-order chi connectivity index (χ1) is 12.0. The maximum absolute atomic E-state index is 12.2. The van der Waals surface area contributed by atoms with Crippen molar-refractivity contribution in [2.45, 2.75) is 25.2 Å². The molecule has 1 aromatic carbocycles. The van der Waals surface area contributed by atoms with Crippen LogP contribution in [-0.2, 0) is 10.0 Å². The summed E-state index contributed by atoms with van der Waals surface area (Å²) in [5.41, 5.74) is 2.01. The first-order valence-electron chi connectivity index (χ1n) is 7.84. The third-order valence-corrected chi connectivity index (χ3v) is 5.05. The van der Waals surface area contributed by atoms with E-state index in [4.69, 9.17) is 4.42 Å². The molecule has 3 rings (SSSR count). The van der Waals surface area contributed by atoms with E-state index in [2.05, 4.69) is 25.0 Å². The van der Waals surface area contributed by atoms with Gasteiger partial charge in [0.1, 0.15) is 6.33 Å². The summed E-state index contributed by atoms with van der Waals surface area (Å²) in [6, 6.07) is 6.74. The van der Waals surface area contributed by atoms with Gasteiger partial charge in [0.25, 0.3) is 5.71 Å². The maximum atomic E-state index is 12.2. The van der Waals surface area contributed by atoms with E-state index in [-0.39, 0.29) is 4.90 Å². The summed E-state index contributed by atoms with van der Waals surface area (Å²) < 4.78 is 32.3. The minimum atomic E-state index is -3.48. The SMILES string of the molecule is Cc1ccc(S(=O)(=O)NCCCNc2ncnc3oc(C)nc23)cc1. The predicted octanol–water partition coefficient (Wildman–Crippen LogP) is 2.02. The molecule has 2 heterocycles. The zero-order chi connectivity index (χ0) is 17.9. The molecule has 0 unspecified atom stereocenters. The van der Waals surface area contributed by atoms with Gasteiger partial charge in [0, 0.05) is 20.0 Å². The highest BCUT2D eigenvalue weighted by Crippen LogP contribution is 2.18. The van der Waals surface area contributed by atoms with Crippen molar-refractivity contribution < 1.29 is 12.8 Å². The Morgan fingerprint density at radius 2 is 1.84 bits per heavy atom. The smallest absolute Gasteiger partial charge is 0.252 e. The fourth-order valence-electron chi connectivity index (χ4n) is 2.29. The number of aromatic nitrogens is 3. The Morgan fingerprint density at radius 1 is 1.08 bits per heavy atom. The van der Waals surface area contributed by atoms with E-state index in [1.807, 2.05) is 6.92 Å². The summed E-state index contributed by atoms with van der Waals surface area (Å²) in [7, 11) is -3.48. The molecule has 132 valence electrons. The van der Waals surface area contributed by atoms with Crippen molar-refractivity contribution >= 4 is 27.1 Å². The van der Waals surface area contributed by atoms with Crippen LogP contribution < -0.4 is 10.0 Å². The minimum absolute atomic E-state index is 0.265. The molecule has 0 saturated carbocycles. The minimum Gasteiger partial charge on any atom is -0.422 e. The van der Waals surface area contributed by atoms with Crippen LogP contribution in [0.3, 0.4) is 0 Å². The number of aryl methyl sites for hydroxylation is 2. The zero-order valence-electron chi connectivity index (χ0n) is 14.0. The number of nitrogens with zero attached hydrogens (tertiary/aromatic N) is 3. The van der Waals surface area contributed by atoms with Gasteiger partial charge in [-0.15, -0.1) is 0 Å². The van der Waals surface area contributed by atoms with E-state index >= 15 is 0 Å². The lowest BCUT2D eigenvalue weighted by atomic mass is 10.2. The molecule has 0 spiro atoms. The highest BCUT2D eigenvalue weighted by Gasteiger charge is 2.13. The van der Waals surface area contributed by atoms with Gasteiger partial charge in [-0.2, -0.15) is 4.98 Å². The Bertz CT molecular complexity index is 967. The van der Waals surface area contributed by atoms with Crippen molar-refractivity contribution in [3.63, 3.8) is 0 Å². The molecule has 3 aromatic rings. The van der Waals surface area contributed by atoms with Crippen LogP contribution in [0.15, 0.2) is 39.9 Å². The molecule has 9 heteroatoms. The molecule has 0 aliphatic rings. The van der Waals surface area contributed by atoms with Crippen LogP contribution in [0.5, 0.6) is 0 Å². The van der Waals surface area contributed by atoms with Crippen molar-refractivity contribution in [1.29, 1.82) is 0 Å². The van der Waals surface area contributed by atoms with E-state index in [9.17, 15) is 8.42 Å². The number of benzene rings is 1. The van der Waals surface area contributed by atoms with Crippen LogP contribution in [0.2, 0.25) is 0 Å². The fraction of sp³-hybridized carbons (Fsp3) is 0.312. The van der Waals surface area contributed by atoms with Gasteiger partial charge >= 0.3 is 0 Å². The monoisotopic (exact) mass is 361 g/mol. The van der Waals surface area contributed by atoms with E-state index in [0.29, 0.717) is 42.4 Å². The van der Waals surface area contributed by atoms with E-state index in [1.165, 1.54) is 6.33 Å². The van der Waals surface area contributed by atoms with Crippen molar-refractivity contribution in [2.24, 2.45) is 0 Å². The number of hydrogen-bond acceptors (Lipinski definition) is 7. The van der Waals surface area contributed by atoms with E-state index in [1.54, 1.807) is 31.2 Å². The lowest BCUT2D eigenvalue weighted by molar-refractivity contribution is 0.551. The van der Waals surface area contributed by atoms with Gasteiger partial charge in [0.2, 0.25) is 10.0 Å². The van der Waals surface area contributed by atoms with Crippen molar-refractivity contribution in [3.05, 3.63) is 42.0 Å². The number of nitrogens with one attached hydrogen (secondary N) is 2. The number of rotatable bonds is 7. The average Bonchev–Trinajstić information content (AvgIpc) is 2.96. The molecule has 0 amide bonds. The molecule has 0 saturated heterocycles. The molecule has 2 aromatic heterocycles. The summed E-state index contributed by atoms with van der Waals surface area (Å²) in [5, 5.41) is 3.13. The summed E-state index contributed by atoms with van der Waals surface area (Å²) in [5.74, 6) is 1.09. The highest BCUT2D eigenvalue weighted by molar-refractivity contribution is 7.89. The van der Waals surface area contributed by atoms with Crippen molar-refractivity contribution in [2.75, 3.05) is 18.4 Å². The number of sulfonamides is 1. The fourth-order valence-corrected chi connectivity index (χ4v) is 3.36. The molecule has 0 radical (unpaired) electrons. The maximum Gasteiger partial charge on any atom is 0.252 e. The Balaban J connectivity index is 1.52. The summed E-state index contributed by atoms with van der Waals surface area (Å²) in [6.45, 7) is 4.50. The van der Waals surface area contributed by atoms with Crippen molar-refractivity contribution in [3.8, 4) is 0 Å². The summed E-state index contributed by atoms with van der Waals surface area (Å²) >= 11 is 0. The van der Waals surface area contributed by atoms with Gasteiger partial charge in [-0.25, -0.2) is 23.1 Å². The standard InChI is InChI=1S/C16H19N5O3S/c1-11-4-6-13(7-5-11)25(22,23)20-9-3-8-17-15-14-16(19-10-18-15)24-12(2)21-14/h4-7,10,20H,3,8-9H2,1-2H3,(H,17,18,19). The van der Waals surface area contributed by atoms with Crippen LogP contribution in [-0.4, -0.2) is 36.5 Å². The van der Waals surface area contributed by atoms with Gasteiger partial charge in [-0.3, -0.25) is 0 Å². The molecule has 8 nitrogen and oxygen atoms in total. The van der Waals surface area contributed by atoms with Crippen LogP contribution in [0.1, 0.15) is 17.9 Å². The zero-order valence-corrected chi connectivity index (χ0v) is 14.8. The molecule has 0 fully saturated rings. The largest absolute Gasteiger partial charge is 0.422 e. The molecule has 0 atom stereocenters. The summed E-state index contributed by atoms with van der Waals surface area (Å²) in [6.07, 6.45) is 1.99. The van der Waals surface area contributed by atoms with E-state index in [0.717, 1.165) is 5.56 Å². The quantitative estimate of drug-likeness (QED) is 0.619. The second kappa shape index (κ2) is 7.16. The first kappa shape index (κ1) is 17.3. The molecule has 0 aliphatic carbocycles. The second-order valence-corrected chi connectivity index (χ2v) is 7.37. The van der Waals surface area contributed by atoms with Crippen LogP contribution in [0, 0.1) is 13.8 Å². The third-order valence-electron chi connectivity index (χ3n) is 3.57. The molecule has 2 N–H and O–H groups in total. The molecule has 0 aliphatic heterocycles. The van der Waals surface area contributed by atoms with Gasteiger partial charge in [-0.1, -0.05) is 17.7 Å². The summed E-state index contributed by atoms with van der Waals surface area (Å²) in [4.78, 5) is 12.6. The lowest BCUT2D eigenvalue weighted by Crippen LogP contribution is -2.26. The highest BCUT2D eigenvalue weighted by atomic mass is 32.2. The van der Waals surface area contributed by atoms with E-state index < -0.39 is 10.0 Å². The first-order valence-corrected chi connectivity index (χ1v) is 9.32. The predicted molar refractivity (Wildman–Crippen MR) is 93.8 cm³/mol. The van der Waals surface area contributed by atoms with Gasteiger partial charge in [0.05, 0.1) is 4.90 Å². The Hall–Kier alpha value is -2.52. The molecular weight excluding hydrogens is 342 g/mol. The number of oxazole rings is 1. The molecule has 25 heavy (non-hydrogen) atoms. The van der Waals surface area contributed by atoms with Gasteiger partial charge in [0.15, 0.2) is 17.2 Å². The molecule has 0 bridgehead atoms. The number of hydrogen-bond donors (Lipinski definition) is 2. The second-order valence-electron chi connectivity index (χ2n) is 5.60. The van der Waals surface area contributed by atoms with Crippen LogP contribution in [0.4, 0.5) is 5.82 Å². The van der Waals surface area contributed by atoms with Crippen LogP contribution >= 0.6 is 0 Å². The number of fused-ring (bicyclic) bond motifs is 1. The van der Waals surface area contributed by atoms with Crippen molar-refractivity contribution in [1.82, 2.24) is 19.7 Å². The topological polar surface area (TPSA) is 110 Å².